The molecule has 1 aliphatic heterocycles. The van der Waals surface area contributed by atoms with Gasteiger partial charge in [0.2, 0.25) is 5.75 Å². The Labute approximate surface area is 190 Å². The SMILES string of the molecule is CC[C@@]12C=CC3(CC1)[C@@H]1C[C@H](C(=O)OC)c4cc(OC)c5c(c4[C@H]1CC[C@@]32C)OCCO5. The summed E-state index contributed by atoms with van der Waals surface area (Å²) in [5.41, 5.74) is 2.90. The molecule has 5 aliphatic rings. The third kappa shape index (κ3) is 2.18. The molecule has 32 heavy (non-hydrogen) atoms. The van der Waals surface area contributed by atoms with E-state index in [0.717, 1.165) is 24.2 Å². The topological polar surface area (TPSA) is 54.0 Å². The van der Waals surface area contributed by atoms with Crippen molar-refractivity contribution in [3.8, 4) is 17.2 Å². The number of esters is 1. The first-order valence-electron chi connectivity index (χ1n) is 12.2. The van der Waals surface area contributed by atoms with Crippen molar-refractivity contribution < 1.29 is 23.7 Å². The second-order valence-corrected chi connectivity index (χ2v) is 10.7. The fraction of sp³-hybridized carbons (Fsp3) is 0.667. The molecule has 0 radical (unpaired) electrons. The Morgan fingerprint density at radius 2 is 1.91 bits per heavy atom. The average molecular weight is 439 g/mol. The van der Waals surface area contributed by atoms with Gasteiger partial charge in [-0.2, -0.15) is 0 Å². The highest BCUT2D eigenvalue weighted by Crippen LogP contribution is 2.79. The highest BCUT2D eigenvalue weighted by Gasteiger charge is 2.71. The van der Waals surface area contributed by atoms with E-state index in [1.54, 1.807) is 7.11 Å². The van der Waals surface area contributed by atoms with Crippen LogP contribution in [0.15, 0.2) is 18.2 Å². The highest BCUT2D eigenvalue weighted by atomic mass is 16.6. The Hall–Kier alpha value is -2.17. The summed E-state index contributed by atoms with van der Waals surface area (Å²) in [4.78, 5) is 13.1. The number of allylic oxidation sites excluding steroid dienone is 2. The van der Waals surface area contributed by atoms with Crippen LogP contribution in [0, 0.1) is 22.2 Å². The summed E-state index contributed by atoms with van der Waals surface area (Å²) >= 11 is 0. The Morgan fingerprint density at radius 1 is 1.12 bits per heavy atom. The lowest BCUT2D eigenvalue weighted by molar-refractivity contribution is -0.144. The average Bonchev–Trinajstić information content (AvgIpc) is 3.25. The molecule has 1 unspecified atom stereocenters. The van der Waals surface area contributed by atoms with Gasteiger partial charge in [-0.1, -0.05) is 26.0 Å². The normalized spacial score (nSPS) is 40.3. The Balaban J connectivity index is 1.56. The van der Waals surface area contributed by atoms with Gasteiger partial charge in [0.1, 0.15) is 13.2 Å². The van der Waals surface area contributed by atoms with Gasteiger partial charge in [0.05, 0.1) is 20.1 Å². The first-order chi connectivity index (χ1) is 15.4. The van der Waals surface area contributed by atoms with E-state index in [1.165, 1.54) is 38.4 Å². The first kappa shape index (κ1) is 20.4. The maximum atomic E-state index is 13.1. The molecule has 5 heteroatoms. The van der Waals surface area contributed by atoms with Gasteiger partial charge in [0, 0.05) is 5.56 Å². The Bertz CT molecular complexity index is 1010. The second-order valence-electron chi connectivity index (χ2n) is 10.7. The van der Waals surface area contributed by atoms with Gasteiger partial charge in [-0.25, -0.2) is 0 Å². The molecule has 6 atom stereocenters. The summed E-state index contributed by atoms with van der Waals surface area (Å²) in [6, 6.07) is 2.02. The van der Waals surface area contributed by atoms with Crippen LogP contribution in [-0.2, 0) is 9.53 Å². The molecule has 2 fully saturated rings. The van der Waals surface area contributed by atoms with E-state index < -0.39 is 0 Å². The molecule has 0 saturated heterocycles. The minimum absolute atomic E-state index is 0.137. The van der Waals surface area contributed by atoms with Crippen LogP contribution in [0.1, 0.15) is 75.3 Å². The van der Waals surface area contributed by atoms with Crippen LogP contribution >= 0.6 is 0 Å². The highest BCUT2D eigenvalue weighted by molar-refractivity contribution is 5.81. The lowest BCUT2D eigenvalue weighted by Gasteiger charge is -2.58. The molecule has 2 bridgehead atoms. The fourth-order valence-corrected chi connectivity index (χ4v) is 8.68. The molecule has 1 aromatic carbocycles. The van der Waals surface area contributed by atoms with Crippen LogP contribution in [0.2, 0.25) is 0 Å². The van der Waals surface area contributed by atoms with E-state index >= 15 is 0 Å². The van der Waals surface area contributed by atoms with Crippen molar-refractivity contribution in [1.82, 2.24) is 0 Å². The van der Waals surface area contributed by atoms with Crippen molar-refractivity contribution in [2.24, 2.45) is 22.2 Å². The predicted molar refractivity (Wildman–Crippen MR) is 120 cm³/mol. The zero-order valence-corrected chi connectivity index (χ0v) is 19.7. The van der Waals surface area contributed by atoms with E-state index in [-0.39, 0.29) is 22.7 Å². The van der Waals surface area contributed by atoms with Gasteiger partial charge < -0.3 is 18.9 Å². The Kier molecular flexibility index (Phi) is 4.26. The second kappa shape index (κ2) is 6.68. The Morgan fingerprint density at radius 3 is 2.56 bits per heavy atom. The van der Waals surface area contributed by atoms with Crippen molar-refractivity contribution in [2.75, 3.05) is 27.4 Å². The summed E-state index contributed by atoms with van der Waals surface area (Å²) in [7, 11) is 3.15. The summed E-state index contributed by atoms with van der Waals surface area (Å²) in [5.74, 6) is 2.44. The molecule has 172 valence electrons. The number of hydrogen-bond acceptors (Lipinski definition) is 5. The number of carbonyl (C=O) groups is 1. The third-order valence-electron chi connectivity index (χ3n) is 10.3. The molecule has 0 N–H and O–H groups in total. The summed E-state index contributed by atoms with van der Waals surface area (Å²) in [5, 5.41) is 0. The molecule has 0 spiro atoms. The quantitative estimate of drug-likeness (QED) is 0.469. The van der Waals surface area contributed by atoms with E-state index in [2.05, 4.69) is 26.0 Å². The minimum Gasteiger partial charge on any atom is -0.493 e. The van der Waals surface area contributed by atoms with Crippen LogP contribution in [0.5, 0.6) is 17.2 Å². The number of rotatable bonds is 3. The van der Waals surface area contributed by atoms with E-state index in [0.29, 0.717) is 42.0 Å². The lowest BCUT2D eigenvalue weighted by Crippen LogP contribution is -2.51. The van der Waals surface area contributed by atoms with Gasteiger partial charge in [0.15, 0.2) is 11.5 Å². The van der Waals surface area contributed by atoms with Crippen LogP contribution < -0.4 is 14.2 Å². The standard InChI is InChI=1S/C27H34O5/c1-5-26-8-10-27(11-9-26)19-14-18(24(28)30-4)17-15-20(29-3)22-23(32-13-12-31-22)21(17)16(19)6-7-25(26,27)2/h8,10,15-16,18-19H,5-7,9,11-14H2,1-4H3/t16-,18-,19+,25+,26+,27?/m0/s1. The van der Waals surface area contributed by atoms with E-state index in [1.807, 2.05) is 6.07 Å². The summed E-state index contributed by atoms with van der Waals surface area (Å²) in [6.45, 7) is 5.92. The van der Waals surface area contributed by atoms with Crippen molar-refractivity contribution in [1.29, 1.82) is 0 Å². The van der Waals surface area contributed by atoms with Gasteiger partial charge in [0.25, 0.3) is 0 Å². The van der Waals surface area contributed by atoms with Gasteiger partial charge in [-0.05, 0) is 78.2 Å². The van der Waals surface area contributed by atoms with Crippen LogP contribution in [0.3, 0.4) is 0 Å². The zero-order chi connectivity index (χ0) is 22.3. The smallest absolute Gasteiger partial charge is 0.313 e. The minimum atomic E-state index is -0.302. The maximum Gasteiger partial charge on any atom is 0.313 e. The molecule has 4 aliphatic carbocycles. The monoisotopic (exact) mass is 438 g/mol. The molecule has 1 aromatic rings. The summed E-state index contributed by atoms with van der Waals surface area (Å²) in [6.07, 6.45) is 11.9. The van der Waals surface area contributed by atoms with Gasteiger partial charge >= 0.3 is 5.97 Å². The molecular formula is C27H34O5. The van der Waals surface area contributed by atoms with Crippen molar-refractivity contribution in [3.63, 3.8) is 0 Å². The molecular weight excluding hydrogens is 404 g/mol. The van der Waals surface area contributed by atoms with Crippen molar-refractivity contribution >= 4 is 5.97 Å². The van der Waals surface area contributed by atoms with E-state index in [9.17, 15) is 4.79 Å². The van der Waals surface area contributed by atoms with Crippen LogP contribution in [-0.4, -0.2) is 33.4 Å². The fourth-order valence-electron chi connectivity index (χ4n) is 8.68. The molecule has 6 rings (SSSR count). The number of hydrogen-bond donors (Lipinski definition) is 0. The number of carbonyl (C=O) groups excluding carboxylic acids is 1. The molecule has 1 heterocycles. The van der Waals surface area contributed by atoms with Crippen LogP contribution in [0.25, 0.3) is 0 Å². The molecule has 5 nitrogen and oxygen atoms in total. The number of fused-ring (bicyclic) bond motifs is 5. The van der Waals surface area contributed by atoms with Crippen molar-refractivity contribution in [2.45, 2.75) is 64.2 Å². The number of ether oxygens (including phenoxy) is 4. The predicted octanol–water partition coefficient (Wildman–Crippen LogP) is 5.37. The number of benzene rings is 1. The lowest BCUT2D eigenvalue weighted by atomic mass is 9.45. The third-order valence-corrected chi connectivity index (χ3v) is 10.3. The van der Waals surface area contributed by atoms with E-state index in [4.69, 9.17) is 18.9 Å². The van der Waals surface area contributed by atoms with Gasteiger partial charge in [-0.15, -0.1) is 0 Å². The maximum absolute atomic E-state index is 13.1. The largest absolute Gasteiger partial charge is 0.493 e. The zero-order valence-electron chi connectivity index (χ0n) is 19.7. The molecule has 2 saturated carbocycles. The van der Waals surface area contributed by atoms with Gasteiger partial charge in [-0.3, -0.25) is 4.79 Å². The van der Waals surface area contributed by atoms with Crippen molar-refractivity contribution in [3.05, 3.63) is 29.3 Å². The van der Waals surface area contributed by atoms with Crippen LogP contribution in [0.4, 0.5) is 0 Å². The molecule has 0 aromatic heterocycles. The summed E-state index contributed by atoms with van der Waals surface area (Å²) < 4.78 is 23.3. The first-order valence-corrected chi connectivity index (χ1v) is 12.2. The molecule has 0 amide bonds. The number of methoxy groups -OCH3 is 2.